The highest BCUT2D eigenvalue weighted by atomic mass is 32.2. The summed E-state index contributed by atoms with van der Waals surface area (Å²) in [6.45, 7) is 0.591. The van der Waals surface area contributed by atoms with Gasteiger partial charge in [0.2, 0.25) is 0 Å². The number of anilines is 1. The van der Waals surface area contributed by atoms with Crippen molar-refractivity contribution >= 4 is 23.1 Å². The molecule has 142 valence electrons. The molecular weight excluding hydrogens is 379 g/mol. The highest BCUT2D eigenvalue weighted by molar-refractivity contribution is 7.83. The first-order valence-electron chi connectivity index (χ1n) is 8.69. The minimum atomic E-state index is -1.49. The van der Waals surface area contributed by atoms with Gasteiger partial charge in [-0.25, -0.2) is 17.9 Å². The minimum absolute atomic E-state index is 0.261. The van der Waals surface area contributed by atoms with Gasteiger partial charge in [0.15, 0.2) is 0 Å². The normalized spacial score (nSPS) is 17.7. The Morgan fingerprint density at radius 2 is 1.96 bits per heavy atom. The van der Waals surface area contributed by atoms with Crippen LogP contribution in [-0.2, 0) is 15.8 Å². The van der Waals surface area contributed by atoms with Crippen LogP contribution in [0.5, 0.6) is 0 Å². The summed E-state index contributed by atoms with van der Waals surface area (Å²) in [6, 6.07) is 11.5. The van der Waals surface area contributed by atoms with Crippen molar-refractivity contribution in [1.82, 2.24) is 14.3 Å². The number of nitrogens with two attached hydrogens (primary N) is 1. The monoisotopic (exact) mass is 396 g/mol. The molecule has 1 aliphatic heterocycles. The highest BCUT2D eigenvalue weighted by Gasteiger charge is 2.33. The van der Waals surface area contributed by atoms with Crippen molar-refractivity contribution in [1.29, 1.82) is 0 Å². The Balaban J connectivity index is 1.70. The lowest BCUT2D eigenvalue weighted by Gasteiger charge is -2.35. The zero-order valence-electron chi connectivity index (χ0n) is 14.8. The number of halogens is 1. The zero-order chi connectivity index (χ0) is 19.7. The van der Waals surface area contributed by atoms with Crippen molar-refractivity contribution in [3.05, 3.63) is 60.7 Å². The summed E-state index contributed by atoms with van der Waals surface area (Å²) < 4.78 is 29.4. The Hall–Kier alpha value is -2.97. The fraction of sp³-hybridized carbons (Fsp3) is 0.150. The van der Waals surface area contributed by atoms with Crippen LogP contribution in [0.15, 0.2) is 59.8 Å². The van der Waals surface area contributed by atoms with Gasteiger partial charge in [0.1, 0.15) is 28.9 Å². The molecule has 28 heavy (non-hydrogen) atoms. The van der Waals surface area contributed by atoms with Crippen LogP contribution in [0, 0.1) is 5.82 Å². The van der Waals surface area contributed by atoms with Gasteiger partial charge >= 0.3 is 0 Å². The number of rotatable bonds is 5. The van der Waals surface area contributed by atoms with Crippen LogP contribution >= 0.6 is 0 Å². The van der Waals surface area contributed by atoms with E-state index in [1.165, 1.54) is 18.5 Å². The third-order valence-corrected chi connectivity index (χ3v) is 6.30. The van der Waals surface area contributed by atoms with Crippen LogP contribution in [-0.4, -0.2) is 37.4 Å². The van der Waals surface area contributed by atoms with Gasteiger partial charge in [0.25, 0.3) is 0 Å². The van der Waals surface area contributed by atoms with Crippen LogP contribution in [0.1, 0.15) is 6.42 Å². The molecule has 3 aromatic rings. The maximum absolute atomic E-state index is 14.8. The molecule has 1 saturated heterocycles. The molecule has 1 aromatic heterocycles. The summed E-state index contributed by atoms with van der Waals surface area (Å²) in [5, 5.41) is 0. The molecule has 4 rings (SSSR count). The average Bonchev–Trinajstić information content (AvgIpc) is 2.68. The van der Waals surface area contributed by atoms with Crippen LogP contribution < -0.4 is 5.73 Å². The Labute approximate surface area is 163 Å². The van der Waals surface area contributed by atoms with Crippen LogP contribution in [0.3, 0.4) is 0 Å². The number of nitrogen functional groups attached to an aromatic ring is 1. The van der Waals surface area contributed by atoms with Crippen molar-refractivity contribution in [2.24, 2.45) is 0 Å². The number of hydrogen-bond acceptors (Lipinski definition) is 5. The third-order valence-electron chi connectivity index (χ3n) is 4.69. The van der Waals surface area contributed by atoms with Gasteiger partial charge in [-0.3, -0.25) is 4.98 Å². The maximum atomic E-state index is 14.8. The molecule has 2 atom stereocenters. The molecule has 2 unspecified atom stereocenters. The van der Waals surface area contributed by atoms with Crippen LogP contribution in [0.4, 0.5) is 10.2 Å². The van der Waals surface area contributed by atoms with Crippen molar-refractivity contribution in [3.63, 3.8) is 0 Å². The van der Waals surface area contributed by atoms with Gasteiger partial charge in [-0.15, -0.1) is 0 Å². The maximum Gasteiger partial charge on any atom is 0.141 e. The Morgan fingerprint density at radius 3 is 2.61 bits per heavy atom. The third kappa shape index (κ3) is 3.32. The van der Waals surface area contributed by atoms with Crippen molar-refractivity contribution < 1.29 is 13.4 Å². The lowest BCUT2D eigenvalue weighted by molar-refractivity contribution is -0.113. The van der Waals surface area contributed by atoms with E-state index >= 15 is 0 Å². The van der Waals surface area contributed by atoms with Crippen molar-refractivity contribution in [3.8, 4) is 22.4 Å². The van der Waals surface area contributed by atoms with Gasteiger partial charge in [-0.05, 0) is 35.7 Å². The molecule has 0 saturated carbocycles. The number of hydrogen-bond donors (Lipinski definition) is 1. The molecular formula is C20H17FN4O2S. The lowest BCUT2D eigenvalue weighted by atomic mass is 10.0. The molecule has 2 N–H and O–H groups in total. The summed E-state index contributed by atoms with van der Waals surface area (Å²) >= 11 is 0. The van der Waals surface area contributed by atoms with E-state index in [0.717, 1.165) is 6.29 Å². The minimum Gasteiger partial charge on any atom is -0.382 e. The standard InChI is InChI=1S/C20H17FN4O2S/c21-17-9-13(5-6-16(17)18-10-24-20(22)11-23-18)15-3-1-2-4-19(15)28(27)25-8-7-14(25)12-26/h1-6,9-12,14H,7-8H2,(H2,22,24). The number of carbonyl (C=O) groups is 1. The van der Waals surface area contributed by atoms with E-state index in [-0.39, 0.29) is 11.9 Å². The molecule has 1 fully saturated rings. The van der Waals surface area contributed by atoms with E-state index in [1.54, 1.807) is 40.7 Å². The molecule has 6 nitrogen and oxygen atoms in total. The number of benzene rings is 2. The largest absolute Gasteiger partial charge is 0.382 e. The summed E-state index contributed by atoms with van der Waals surface area (Å²) in [5.41, 5.74) is 7.46. The summed E-state index contributed by atoms with van der Waals surface area (Å²) in [6.07, 6.45) is 4.30. The number of carbonyl (C=O) groups excluding carboxylic acids is 1. The van der Waals surface area contributed by atoms with Gasteiger partial charge < -0.3 is 10.5 Å². The molecule has 2 aromatic carbocycles. The van der Waals surface area contributed by atoms with E-state index in [1.807, 2.05) is 0 Å². The second-order valence-corrected chi connectivity index (χ2v) is 7.81. The van der Waals surface area contributed by atoms with Crippen molar-refractivity contribution in [2.45, 2.75) is 17.4 Å². The number of nitrogens with zero attached hydrogens (tertiary/aromatic N) is 3. The van der Waals surface area contributed by atoms with E-state index in [2.05, 4.69) is 9.97 Å². The van der Waals surface area contributed by atoms with Crippen LogP contribution in [0.25, 0.3) is 22.4 Å². The highest BCUT2D eigenvalue weighted by Crippen LogP contribution is 2.33. The fourth-order valence-corrected chi connectivity index (χ4v) is 4.57. The Morgan fingerprint density at radius 1 is 1.14 bits per heavy atom. The first-order valence-corrected chi connectivity index (χ1v) is 9.80. The molecule has 1 aliphatic rings. The van der Waals surface area contributed by atoms with E-state index < -0.39 is 16.8 Å². The Bertz CT molecular complexity index is 1060. The predicted molar refractivity (Wildman–Crippen MR) is 105 cm³/mol. The molecule has 0 radical (unpaired) electrons. The molecule has 0 amide bonds. The van der Waals surface area contributed by atoms with Gasteiger partial charge in [0, 0.05) is 12.1 Å². The number of aromatic nitrogens is 2. The van der Waals surface area contributed by atoms with E-state index in [9.17, 15) is 13.4 Å². The predicted octanol–water partition coefficient (Wildman–Crippen LogP) is 2.83. The first-order chi connectivity index (χ1) is 13.6. The van der Waals surface area contributed by atoms with Gasteiger partial charge in [-0.2, -0.15) is 0 Å². The van der Waals surface area contributed by atoms with Crippen molar-refractivity contribution in [2.75, 3.05) is 12.3 Å². The quantitative estimate of drug-likeness (QED) is 0.670. The number of aldehydes is 1. The smallest absolute Gasteiger partial charge is 0.141 e. The zero-order valence-corrected chi connectivity index (χ0v) is 15.6. The molecule has 0 spiro atoms. The van der Waals surface area contributed by atoms with E-state index in [0.29, 0.717) is 40.2 Å². The Kier molecular flexibility index (Phi) is 4.97. The summed E-state index contributed by atoms with van der Waals surface area (Å²) in [4.78, 5) is 19.7. The molecule has 0 aliphatic carbocycles. The summed E-state index contributed by atoms with van der Waals surface area (Å²) in [5.74, 6) is -0.205. The topological polar surface area (TPSA) is 89.2 Å². The first kappa shape index (κ1) is 18.4. The lowest BCUT2D eigenvalue weighted by Crippen LogP contribution is -2.49. The van der Waals surface area contributed by atoms with Gasteiger partial charge in [-0.1, -0.05) is 24.3 Å². The van der Waals surface area contributed by atoms with Crippen LogP contribution in [0.2, 0.25) is 0 Å². The average molecular weight is 396 g/mol. The second kappa shape index (κ2) is 7.57. The molecule has 2 heterocycles. The SMILES string of the molecule is Nc1cnc(-c2ccc(-c3ccccc3S(=O)N3CCC3C=O)cc2F)cn1. The molecule has 8 heteroatoms. The second-order valence-electron chi connectivity index (χ2n) is 6.40. The van der Waals surface area contributed by atoms with Gasteiger partial charge in [0.05, 0.1) is 29.0 Å². The fourth-order valence-electron chi connectivity index (χ4n) is 3.08. The molecule has 0 bridgehead atoms. The van der Waals surface area contributed by atoms with E-state index in [4.69, 9.17) is 5.73 Å². The summed E-state index contributed by atoms with van der Waals surface area (Å²) in [7, 11) is -1.49.